The summed E-state index contributed by atoms with van der Waals surface area (Å²) in [6, 6.07) is -0.879. The van der Waals surface area contributed by atoms with Crippen LogP contribution in [0.4, 0.5) is 0 Å². The maximum absolute atomic E-state index is 12.0. The van der Waals surface area contributed by atoms with Gasteiger partial charge in [0.05, 0.1) is 0 Å². The molecule has 0 saturated carbocycles. The fourth-order valence-electron chi connectivity index (χ4n) is 1.94. The van der Waals surface area contributed by atoms with Gasteiger partial charge in [0.15, 0.2) is 0 Å². The van der Waals surface area contributed by atoms with Crippen molar-refractivity contribution in [2.24, 2.45) is 0 Å². The Bertz CT molecular complexity index is 309. The SMILES string of the molecule is CCSC(=O)C1CCCN1C(=O)C(C)NC=O. The summed E-state index contributed by atoms with van der Waals surface area (Å²) in [7, 11) is 0. The zero-order chi connectivity index (χ0) is 12.8. The van der Waals surface area contributed by atoms with Crippen molar-refractivity contribution in [3.8, 4) is 0 Å². The van der Waals surface area contributed by atoms with E-state index in [0.717, 1.165) is 18.6 Å². The number of carbonyl (C=O) groups excluding carboxylic acids is 3. The van der Waals surface area contributed by atoms with Crippen LogP contribution in [-0.2, 0) is 14.4 Å². The topological polar surface area (TPSA) is 66.5 Å². The molecular formula is C11H18N2O3S. The molecule has 1 N–H and O–H groups in total. The highest BCUT2D eigenvalue weighted by atomic mass is 32.2. The number of thioether (sulfide) groups is 1. The predicted octanol–water partition coefficient (Wildman–Crippen LogP) is 0.392. The number of nitrogens with one attached hydrogen (secondary N) is 1. The Balaban J connectivity index is 2.65. The maximum Gasteiger partial charge on any atom is 0.245 e. The molecule has 0 aromatic heterocycles. The van der Waals surface area contributed by atoms with Crippen molar-refractivity contribution < 1.29 is 14.4 Å². The molecule has 0 aliphatic carbocycles. The highest BCUT2D eigenvalue weighted by Crippen LogP contribution is 2.23. The first-order valence-corrected chi connectivity index (χ1v) is 6.77. The van der Waals surface area contributed by atoms with Gasteiger partial charge in [0.1, 0.15) is 12.1 Å². The Morgan fingerprint density at radius 3 is 2.88 bits per heavy atom. The molecular weight excluding hydrogens is 240 g/mol. The average molecular weight is 258 g/mol. The Labute approximate surface area is 105 Å². The minimum atomic E-state index is -0.562. The first kappa shape index (κ1) is 14.0. The Kier molecular flexibility index (Phi) is 5.47. The molecule has 0 aromatic rings. The van der Waals surface area contributed by atoms with Crippen molar-refractivity contribution in [2.75, 3.05) is 12.3 Å². The van der Waals surface area contributed by atoms with Gasteiger partial charge in [-0.25, -0.2) is 0 Å². The summed E-state index contributed by atoms with van der Waals surface area (Å²) >= 11 is 1.25. The van der Waals surface area contributed by atoms with Gasteiger partial charge in [0.2, 0.25) is 17.4 Å². The van der Waals surface area contributed by atoms with E-state index in [4.69, 9.17) is 0 Å². The zero-order valence-electron chi connectivity index (χ0n) is 10.1. The van der Waals surface area contributed by atoms with Gasteiger partial charge in [-0.15, -0.1) is 0 Å². The molecule has 0 bridgehead atoms. The van der Waals surface area contributed by atoms with Gasteiger partial charge >= 0.3 is 0 Å². The van der Waals surface area contributed by atoms with Gasteiger partial charge in [-0.2, -0.15) is 0 Å². The number of rotatable bonds is 5. The molecule has 1 rings (SSSR count). The lowest BCUT2D eigenvalue weighted by molar-refractivity contribution is -0.137. The van der Waals surface area contributed by atoms with Crippen LogP contribution in [0.2, 0.25) is 0 Å². The van der Waals surface area contributed by atoms with Crippen LogP contribution < -0.4 is 5.32 Å². The third kappa shape index (κ3) is 3.46. The standard InChI is InChI=1S/C11H18N2O3S/c1-3-17-11(16)9-5-4-6-13(9)10(15)8(2)12-7-14/h7-9H,3-6H2,1-2H3,(H,12,14). The van der Waals surface area contributed by atoms with Crippen molar-refractivity contribution in [1.82, 2.24) is 10.2 Å². The normalized spacial score (nSPS) is 21.1. The quantitative estimate of drug-likeness (QED) is 0.725. The third-order valence-corrected chi connectivity index (χ3v) is 3.63. The van der Waals surface area contributed by atoms with Gasteiger partial charge in [-0.05, 0) is 25.5 Å². The number of carbonyl (C=O) groups is 3. The van der Waals surface area contributed by atoms with E-state index >= 15 is 0 Å². The highest BCUT2D eigenvalue weighted by Gasteiger charge is 2.35. The largest absolute Gasteiger partial charge is 0.347 e. The van der Waals surface area contributed by atoms with Crippen molar-refractivity contribution in [3.05, 3.63) is 0 Å². The molecule has 17 heavy (non-hydrogen) atoms. The van der Waals surface area contributed by atoms with Gasteiger partial charge in [0.25, 0.3) is 0 Å². The van der Waals surface area contributed by atoms with Crippen molar-refractivity contribution in [1.29, 1.82) is 0 Å². The molecule has 1 aliphatic heterocycles. The Morgan fingerprint density at radius 2 is 2.29 bits per heavy atom. The molecule has 2 amide bonds. The number of likely N-dealkylation sites (tertiary alicyclic amines) is 1. The molecule has 6 heteroatoms. The van der Waals surface area contributed by atoms with E-state index in [2.05, 4.69) is 5.32 Å². The van der Waals surface area contributed by atoms with Gasteiger partial charge < -0.3 is 10.2 Å². The molecule has 1 aliphatic rings. The number of amides is 2. The molecule has 1 heterocycles. The summed E-state index contributed by atoms with van der Waals surface area (Å²) in [4.78, 5) is 35.7. The van der Waals surface area contributed by atoms with Gasteiger partial charge in [-0.1, -0.05) is 18.7 Å². The second-order valence-electron chi connectivity index (χ2n) is 3.95. The van der Waals surface area contributed by atoms with E-state index in [1.54, 1.807) is 11.8 Å². The summed E-state index contributed by atoms with van der Waals surface area (Å²) < 4.78 is 0. The monoisotopic (exact) mass is 258 g/mol. The molecule has 5 nitrogen and oxygen atoms in total. The van der Waals surface area contributed by atoms with E-state index in [1.807, 2.05) is 6.92 Å². The first-order chi connectivity index (χ1) is 8.11. The Hall–Kier alpha value is -1.04. The zero-order valence-corrected chi connectivity index (χ0v) is 11.0. The molecule has 1 saturated heterocycles. The van der Waals surface area contributed by atoms with Crippen LogP contribution in [-0.4, -0.2) is 46.7 Å². The fraction of sp³-hybridized carbons (Fsp3) is 0.727. The van der Waals surface area contributed by atoms with Gasteiger partial charge in [0, 0.05) is 6.54 Å². The maximum atomic E-state index is 12.0. The molecule has 96 valence electrons. The van der Waals surface area contributed by atoms with Crippen LogP contribution in [0.3, 0.4) is 0 Å². The lowest BCUT2D eigenvalue weighted by Crippen LogP contribution is -2.48. The summed E-state index contributed by atoms with van der Waals surface area (Å²) in [6.45, 7) is 4.15. The summed E-state index contributed by atoms with van der Waals surface area (Å²) in [5.74, 6) is 0.545. The third-order valence-electron chi connectivity index (χ3n) is 2.78. The molecule has 2 unspecified atom stereocenters. The van der Waals surface area contributed by atoms with E-state index in [0.29, 0.717) is 13.0 Å². The first-order valence-electron chi connectivity index (χ1n) is 5.78. The molecule has 2 atom stereocenters. The summed E-state index contributed by atoms with van der Waals surface area (Å²) in [6.07, 6.45) is 2.09. The molecule has 1 fully saturated rings. The van der Waals surface area contributed by atoms with E-state index in [-0.39, 0.29) is 17.1 Å². The van der Waals surface area contributed by atoms with Crippen LogP contribution >= 0.6 is 11.8 Å². The number of hydrogen-bond acceptors (Lipinski definition) is 4. The van der Waals surface area contributed by atoms with Crippen LogP contribution in [0.25, 0.3) is 0 Å². The van der Waals surface area contributed by atoms with E-state index < -0.39 is 6.04 Å². The predicted molar refractivity (Wildman–Crippen MR) is 66.5 cm³/mol. The van der Waals surface area contributed by atoms with Crippen molar-refractivity contribution in [2.45, 2.75) is 38.8 Å². The number of nitrogens with zero attached hydrogens (tertiary/aromatic N) is 1. The minimum Gasteiger partial charge on any atom is -0.347 e. The van der Waals surface area contributed by atoms with Crippen LogP contribution in [0.1, 0.15) is 26.7 Å². The lowest BCUT2D eigenvalue weighted by Gasteiger charge is -2.25. The second-order valence-corrected chi connectivity index (χ2v) is 5.22. The van der Waals surface area contributed by atoms with Crippen LogP contribution in [0.5, 0.6) is 0 Å². The smallest absolute Gasteiger partial charge is 0.245 e. The highest BCUT2D eigenvalue weighted by molar-refractivity contribution is 8.13. The van der Waals surface area contributed by atoms with Crippen LogP contribution in [0, 0.1) is 0 Å². The van der Waals surface area contributed by atoms with E-state index in [9.17, 15) is 14.4 Å². The molecule has 0 radical (unpaired) electrons. The second kappa shape index (κ2) is 6.64. The fourth-order valence-corrected chi connectivity index (χ4v) is 2.66. The lowest BCUT2D eigenvalue weighted by atomic mass is 10.2. The average Bonchev–Trinajstić information content (AvgIpc) is 2.77. The number of hydrogen-bond donors (Lipinski definition) is 1. The minimum absolute atomic E-state index is 0.0525. The van der Waals surface area contributed by atoms with E-state index in [1.165, 1.54) is 11.8 Å². The van der Waals surface area contributed by atoms with Crippen molar-refractivity contribution in [3.63, 3.8) is 0 Å². The summed E-state index contributed by atoms with van der Waals surface area (Å²) in [5.41, 5.74) is 0. The van der Waals surface area contributed by atoms with Crippen molar-refractivity contribution >= 4 is 29.2 Å². The van der Waals surface area contributed by atoms with Gasteiger partial charge in [-0.3, -0.25) is 14.4 Å². The summed E-state index contributed by atoms with van der Waals surface area (Å²) in [5, 5.41) is 2.48. The Morgan fingerprint density at radius 1 is 1.59 bits per heavy atom. The molecule has 0 spiro atoms. The molecule has 0 aromatic carbocycles. The van der Waals surface area contributed by atoms with Crippen LogP contribution in [0.15, 0.2) is 0 Å².